The van der Waals surface area contributed by atoms with Gasteiger partial charge in [-0.3, -0.25) is 4.57 Å². The zero-order valence-electron chi connectivity index (χ0n) is 12.0. The molecule has 0 aliphatic heterocycles. The molecule has 21 heavy (non-hydrogen) atoms. The Balaban J connectivity index is 2.21. The summed E-state index contributed by atoms with van der Waals surface area (Å²) in [7, 11) is 3.30. The summed E-state index contributed by atoms with van der Waals surface area (Å²) in [6, 6.07) is 15.8. The van der Waals surface area contributed by atoms with Crippen LogP contribution in [0.15, 0.2) is 60.9 Å². The molecular weight excluding hydrogens is 264 g/mol. The van der Waals surface area contributed by atoms with Crippen LogP contribution in [0, 0.1) is 0 Å². The normalized spacial score (nSPS) is 10.4. The van der Waals surface area contributed by atoms with E-state index in [9.17, 15) is 0 Å². The van der Waals surface area contributed by atoms with E-state index in [4.69, 9.17) is 9.47 Å². The molecular formula is C17H16N2O2. The molecule has 106 valence electrons. The van der Waals surface area contributed by atoms with E-state index in [0.29, 0.717) is 0 Å². The van der Waals surface area contributed by atoms with Crippen molar-refractivity contribution >= 4 is 0 Å². The zero-order valence-corrected chi connectivity index (χ0v) is 12.0. The van der Waals surface area contributed by atoms with Crippen LogP contribution in [-0.2, 0) is 0 Å². The Kier molecular flexibility index (Phi) is 3.60. The van der Waals surface area contributed by atoms with E-state index in [1.165, 1.54) is 0 Å². The summed E-state index contributed by atoms with van der Waals surface area (Å²) < 4.78 is 12.9. The summed E-state index contributed by atoms with van der Waals surface area (Å²) in [6.45, 7) is 0. The van der Waals surface area contributed by atoms with Crippen molar-refractivity contribution in [3.63, 3.8) is 0 Å². The van der Waals surface area contributed by atoms with Gasteiger partial charge in [0.15, 0.2) is 0 Å². The molecule has 4 heteroatoms. The molecule has 3 rings (SSSR count). The van der Waals surface area contributed by atoms with E-state index >= 15 is 0 Å². The van der Waals surface area contributed by atoms with Crippen molar-refractivity contribution in [2.24, 2.45) is 0 Å². The summed E-state index contributed by atoms with van der Waals surface area (Å²) in [5.74, 6) is 2.33. The minimum atomic E-state index is 0.740. The minimum absolute atomic E-state index is 0.740. The fraction of sp³-hybridized carbons (Fsp3) is 0.118. The molecule has 0 unspecified atom stereocenters. The minimum Gasteiger partial charge on any atom is -0.494 e. The molecule has 0 amide bonds. The van der Waals surface area contributed by atoms with E-state index in [1.807, 2.05) is 59.3 Å². The van der Waals surface area contributed by atoms with Gasteiger partial charge >= 0.3 is 0 Å². The first-order chi connectivity index (χ1) is 10.3. The number of benzene rings is 2. The summed E-state index contributed by atoms with van der Waals surface area (Å²) in [5, 5.41) is 0. The van der Waals surface area contributed by atoms with E-state index in [-0.39, 0.29) is 0 Å². The predicted octanol–water partition coefficient (Wildman–Crippen LogP) is 3.56. The Labute approximate surface area is 123 Å². The van der Waals surface area contributed by atoms with Crippen molar-refractivity contribution in [1.29, 1.82) is 0 Å². The van der Waals surface area contributed by atoms with E-state index in [0.717, 1.165) is 28.6 Å². The first kappa shape index (κ1) is 13.2. The van der Waals surface area contributed by atoms with Crippen LogP contribution in [-0.4, -0.2) is 23.8 Å². The first-order valence-corrected chi connectivity index (χ1v) is 6.65. The van der Waals surface area contributed by atoms with Crippen LogP contribution in [0.3, 0.4) is 0 Å². The lowest BCUT2D eigenvalue weighted by molar-refractivity contribution is 0.391. The van der Waals surface area contributed by atoms with Gasteiger partial charge in [0.05, 0.1) is 14.2 Å². The molecule has 0 saturated carbocycles. The Bertz CT molecular complexity index is 713. The monoisotopic (exact) mass is 280 g/mol. The highest BCUT2D eigenvalue weighted by Gasteiger charge is 2.16. The molecule has 0 fully saturated rings. The first-order valence-electron chi connectivity index (χ1n) is 6.65. The lowest BCUT2D eigenvalue weighted by Gasteiger charge is -2.15. The molecule has 0 bridgehead atoms. The van der Waals surface area contributed by atoms with Crippen molar-refractivity contribution in [1.82, 2.24) is 9.55 Å². The van der Waals surface area contributed by atoms with E-state index in [2.05, 4.69) is 4.98 Å². The largest absolute Gasteiger partial charge is 0.494 e. The van der Waals surface area contributed by atoms with E-state index < -0.39 is 0 Å². The number of para-hydroxylation sites is 1. The Hall–Kier alpha value is -2.75. The summed E-state index contributed by atoms with van der Waals surface area (Å²) in [6.07, 6.45) is 3.68. The van der Waals surface area contributed by atoms with Gasteiger partial charge in [-0.2, -0.15) is 0 Å². The van der Waals surface area contributed by atoms with Gasteiger partial charge in [-0.1, -0.05) is 36.4 Å². The SMILES string of the molecule is COc1cccc(OC)c1-n1ccnc1-c1ccccc1. The molecule has 0 aliphatic rings. The molecule has 0 spiro atoms. The van der Waals surface area contributed by atoms with Gasteiger partial charge < -0.3 is 9.47 Å². The molecule has 0 saturated heterocycles. The van der Waals surface area contributed by atoms with Crippen LogP contribution in [0.1, 0.15) is 0 Å². The molecule has 0 atom stereocenters. The topological polar surface area (TPSA) is 36.3 Å². The highest BCUT2D eigenvalue weighted by Crippen LogP contribution is 2.35. The van der Waals surface area contributed by atoms with Crippen molar-refractivity contribution < 1.29 is 9.47 Å². The quantitative estimate of drug-likeness (QED) is 0.733. The van der Waals surface area contributed by atoms with Crippen molar-refractivity contribution in [3.8, 4) is 28.6 Å². The maximum absolute atomic E-state index is 5.47. The highest BCUT2D eigenvalue weighted by molar-refractivity contribution is 5.65. The second kappa shape index (κ2) is 5.71. The molecule has 4 nitrogen and oxygen atoms in total. The third-order valence-electron chi connectivity index (χ3n) is 3.32. The number of nitrogens with zero attached hydrogens (tertiary/aromatic N) is 2. The lowest BCUT2D eigenvalue weighted by atomic mass is 10.2. The third kappa shape index (κ3) is 2.36. The molecule has 3 aromatic rings. The Morgan fingerprint density at radius 2 is 1.52 bits per heavy atom. The average molecular weight is 280 g/mol. The number of imidazole rings is 1. The molecule has 1 heterocycles. The molecule has 0 aliphatic carbocycles. The van der Waals surface area contributed by atoms with Gasteiger partial charge in [0.2, 0.25) is 0 Å². The van der Waals surface area contributed by atoms with Crippen molar-refractivity contribution in [2.75, 3.05) is 14.2 Å². The Morgan fingerprint density at radius 3 is 2.14 bits per heavy atom. The maximum atomic E-state index is 5.47. The van der Waals surface area contributed by atoms with Crippen LogP contribution in [0.25, 0.3) is 17.1 Å². The number of methoxy groups -OCH3 is 2. The van der Waals surface area contributed by atoms with Gasteiger partial charge in [-0.05, 0) is 12.1 Å². The second-order valence-electron chi connectivity index (χ2n) is 4.50. The average Bonchev–Trinajstić information content (AvgIpc) is 3.04. The van der Waals surface area contributed by atoms with Gasteiger partial charge in [0, 0.05) is 18.0 Å². The summed E-state index contributed by atoms with van der Waals surface area (Å²) >= 11 is 0. The molecule has 2 aromatic carbocycles. The predicted molar refractivity (Wildman–Crippen MR) is 82.1 cm³/mol. The third-order valence-corrected chi connectivity index (χ3v) is 3.32. The van der Waals surface area contributed by atoms with E-state index in [1.54, 1.807) is 20.4 Å². The fourth-order valence-corrected chi connectivity index (χ4v) is 2.35. The maximum Gasteiger partial charge on any atom is 0.146 e. The number of ether oxygens (including phenoxy) is 2. The van der Waals surface area contributed by atoms with Gasteiger partial charge in [0.1, 0.15) is 23.0 Å². The lowest BCUT2D eigenvalue weighted by Crippen LogP contribution is -2.02. The zero-order chi connectivity index (χ0) is 14.7. The van der Waals surface area contributed by atoms with Crippen LogP contribution in [0.5, 0.6) is 11.5 Å². The summed E-state index contributed by atoms with van der Waals surface area (Å²) in [5.41, 5.74) is 1.88. The highest BCUT2D eigenvalue weighted by atomic mass is 16.5. The van der Waals surface area contributed by atoms with Crippen molar-refractivity contribution in [2.45, 2.75) is 0 Å². The van der Waals surface area contributed by atoms with Gasteiger partial charge in [-0.25, -0.2) is 4.98 Å². The number of rotatable bonds is 4. The van der Waals surface area contributed by atoms with Crippen molar-refractivity contribution in [3.05, 3.63) is 60.9 Å². The number of aromatic nitrogens is 2. The van der Waals surface area contributed by atoms with Gasteiger partial charge in [0.25, 0.3) is 0 Å². The second-order valence-corrected chi connectivity index (χ2v) is 4.50. The van der Waals surface area contributed by atoms with Crippen LogP contribution >= 0.6 is 0 Å². The van der Waals surface area contributed by atoms with Crippen LogP contribution < -0.4 is 9.47 Å². The fourth-order valence-electron chi connectivity index (χ4n) is 2.35. The smallest absolute Gasteiger partial charge is 0.146 e. The number of hydrogen-bond donors (Lipinski definition) is 0. The van der Waals surface area contributed by atoms with Gasteiger partial charge in [-0.15, -0.1) is 0 Å². The van der Waals surface area contributed by atoms with Crippen LogP contribution in [0.2, 0.25) is 0 Å². The molecule has 1 aromatic heterocycles. The molecule has 0 radical (unpaired) electrons. The molecule has 0 N–H and O–H groups in total. The Morgan fingerprint density at radius 1 is 0.857 bits per heavy atom. The number of hydrogen-bond acceptors (Lipinski definition) is 3. The van der Waals surface area contributed by atoms with Crippen LogP contribution in [0.4, 0.5) is 0 Å². The summed E-state index contributed by atoms with van der Waals surface area (Å²) in [4.78, 5) is 4.47. The standard InChI is InChI=1S/C17H16N2O2/c1-20-14-9-6-10-15(21-2)16(14)19-12-11-18-17(19)13-7-4-3-5-8-13/h3-12H,1-2H3.